The standard InChI is InChI=1S/C23H27N7O4S/c1-5-9-18-19-20(28-30(18)14-15-10-7-8-11-24-15)22(31)27-21(26-19)17-12-16(35(32,33)29(3)4)13-25-23(17)34-6-2/h7-8,10-13H,5-6,9,14H2,1-4H3,(H,26,27,31). The number of hydrogen-bond acceptors (Lipinski definition) is 8. The normalized spacial score (nSPS) is 11.9. The van der Waals surface area contributed by atoms with Crippen molar-refractivity contribution in [3.8, 4) is 17.3 Å². The van der Waals surface area contributed by atoms with Gasteiger partial charge in [0.1, 0.15) is 16.2 Å². The number of nitrogens with one attached hydrogen (secondary N) is 1. The van der Waals surface area contributed by atoms with Gasteiger partial charge in [-0.05, 0) is 31.5 Å². The van der Waals surface area contributed by atoms with Gasteiger partial charge in [0.25, 0.3) is 5.56 Å². The minimum atomic E-state index is -3.77. The Bertz CT molecular complexity index is 1510. The number of aromatic nitrogens is 6. The van der Waals surface area contributed by atoms with Gasteiger partial charge in [-0.15, -0.1) is 0 Å². The molecule has 0 spiro atoms. The molecule has 0 aromatic carbocycles. The van der Waals surface area contributed by atoms with Gasteiger partial charge >= 0.3 is 0 Å². The number of sulfonamides is 1. The summed E-state index contributed by atoms with van der Waals surface area (Å²) in [6, 6.07) is 7.03. The SMILES string of the molecule is CCCc1c2nc(-c3cc(S(=O)(=O)N(C)C)cnc3OCC)[nH]c(=O)c2nn1Cc1ccccn1. The highest BCUT2D eigenvalue weighted by Gasteiger charge is 2.23. The van der Waals surface area contributed by atoms with Gasteiger partial charge in [0.05, 0.1) is 36.3 Å². The van der Waals surface area contributed by atoms with Crippen LogP contribution in [0.3, 0.4) is 0 Å². The molecule has 0 atom stereocenters. The highest BCUT2D eigenvalue weighted by atomic mass is 32.2. The van der Waals surface area contributed by atoms with E-state index in [1.807, 2.05) is 25.1 Å². The van der Waals surface area contributed by atoms with Gasteiger partial charge in [-0.3, -0.25) is 14.5 Å². The third-order valence-electron chi connectivity index (χ3n) is 5.37. The second kappa shape index (κ2) is 9.92. The minimum absolute atomic E-state index is 0.0386. The molecule has 0 saturated carbocycles. The van der Waals surface area contributed by atoms with Gasteiger partial charge in [-0.25, -0.2) is 22.7 Å². The average Bonchev–Trinajstić information content (AvgIpc) is 3.17. The molecular weight excluding hydrogens is 470 g/mol. The predicted molar refractivity (Wildman–Crippen MR) is 131 cm³/mol. The number of ether oxygens (including phenoxy) is 1. The van der Waals surface area contributed by atoms with Crippen molar-refractivity contribution in [3.63, 3.8) is 0 Å². The lowest BCUT2D eigenvalue weighted by Crippen LogP contribution is -2.22. The minimum Gasteiger partial charge on any atom is -0.477 e. The summed E-state index contributed by atoms with van der Waals surface area (Å²) in [7, 11) is -0.897. The van der Waals surface area contributed by atoms with E-state index in [1.165, 1.54) is 26.4 Å². The summed E-state index contributed by atoms with van der Waals surface area (Å²) in [5, 5.41) is 4.52. The number of nitrogens with zero attached hydrogens (tertiary/aromatic N) is 6. The smallest absolute Gasteiger partial charge is 0.279 e. The number of H-pyrrole nitrogens is 1. The lowest BCUT2D eigenvalue weighted by Gasteiger charge is -2.14. The van der Waals surface area contributed by atoms with Crippen LogP contribution in [0, 0.1) is 0 Å². The van der Waals surface area contributed by atoms with Gasteiger partial charge in [0.15, 0.2) is 5.52 Å². The molecule has 0 aliphatic carbocycles. The van der Waals surface area contributed by atoms with Crippen LogP contribution in [0.1, 0.15) is 31.7 Å². The Labute approximate surface area is 202 Å². The number of pyridine rings is 2. The fourth-order valence-corrected chi connectivity index (χ4v) is 4.53. The van der Waals surface area contributed by atoms with Crippen molar-refractivity contribution in [3.05, 3.63) is 58.4 Å². The molecule has 184 valence electrons. The van der Waals surface area contributed by atoms with Crippen LogP contribution in [0.15, 0.2) is 46.3 Å². The molecular formula is C23H27N7O4S. The summed E-state index contributed by atoms with van der Waals surface area (Å²) in [6.45, 7) is 4.51. The number of rotatable bonds is 9. The number of aryl methyl sites for hydroxylation is 1. The molecule has 0 fully saturated rings. The van der Waals surface area contributed by atoms with Crippen LogP contribution in [-0.2, 0) is 23.0 Å². The summed E-state index contributed by atoms with van der Waals surface area (Å²) in [4.78, 5) is 29.0. The summed E-state index contributed by atoms with van der Waals surface area (Å²) < 4.78 is 33.9. The monoisotopic (exact) mass is 497 g/mol. The van der Waals surface area contributed by atoms with Crippen molar-refractivity contribution in [2.45, 2.75) is 38.1 Å². The largest absolute Gasteiger partial charge is 0.477 e. The van der Waals surface area contributed by atoms with E-state index in [-0.39, 0.29) is 27.7 Å². The number of aromatic amines is 1. The Morgan fingerprint density at radius 2 is 1.94 bits per heavy atom. The lowest BCUT2D eigenvalue weighted by molar-refractivity contribution is 0.327. The van der Waals surface area contributed by atoms with E-state index in [2.05, 4.69) is 20.1 Å². The second-order valence-corrected chi connectivity index (χ2v) is 10.2. The van der Waals surface area contributed by atoms with Crippen LogP contribution in [0.2, 0.25) is 0 Å². The maximum absolute atomic E-state index is 13.1. The summed E-state index contributed by atoms with van der Waals surface area (Å²) in [6.07, 6.45) is 4.39. The fraction of sp³-hybridized carbons (Fsp3) is 0.348. The van der Waals surface area contributed by atoms with Crippen LogP contribution in [0.4, 0.5) is 0 Å². The van der Waals surface area contributed by atoms with Crippen molar-refractivity contribution >= 4 is 21.1 Å². The first kappa shape index (κ1) is 24.5. The van der Waals surface area contributed by atoms with E-state index in [0.29, 0.717) is 25.1 Å². The lowest BCUT2D eigenvalue weighted by atomic mass is 10.2. The van der Waals surface area contributed by atoms with Gasteiger partial charge in [-0.2, -0.15) is 5.10 Å². The number of fused-ring (bicyclic) bond motifs is 1. The van der Waals surface area contributed by atoms with Gasteiger partial charge in [0, 0.05) is 20.3 Å². The Hall–Kier alpha value is -3.64. The Kier molecular flexibility index (Phi) is 6.94. The van der Waals surface area contributed by atoms with E-state index in [1.54, 1.807) is 17.8 Å². The summed E-state index contributed by atoms with van der Waals surface area (Å²) in [5.74, 6) is 0.328. The van der Waals surface area contributed by atoms with E-state index in [4.69, 9.17) is 9.72 Å². The van der Waals surface area contributed by atoms with E-state index in [0.717, 1.165) is 22.1 Å². The first-order valence-electron chi connectivity index (χ1n) is 11.2. The van der Waals surface area contributed by atoms with Crippen molar-refractivity contribution in [1.29, 1.82) is 0 Å². The molecule has 4 aromatic rings. The van der Waals surface area contributed by atoms with E-state index in [9.17, 15) is 13.2 Å². The average molecular weight is 498 g/mol. The second-order valence-electron chi connectivity index (χ2n) is 8.03. The summed E-state index contributed by atoms with van der Waals surface area (Å²) >= 11 is 0. The molecule has 1 N–H and O–H groups in total. The molecule has 35 heavy (non-hydrogen) atoms. The molecule has 0 unspecified atom stereocenters. The van der Waals surface area contributed by atoms with Crippen molar-refractivity contribution in [2.75, 3.05) is 20.7 Å². The molecule has 0 aliphatic heterocycles. The van der Waals surface area contributed by atoms with Crippen molar-refractivity contribution in [2.24, 2.45) is 0 Å². The Morgan fingerprint density at radius 3 is 2.60 bits per heavy atom. The van der Waals surface area contributed by atoms with Crippen molar-refractivity contribution < 1.29 is 13.2 Å². The van der Waals surface area contributed by atoms with Crippen LogP contribution >= 0.6 is 0 Å². The highest BCUT2D eigenvalue weighted by molar-refractivity contribution is 7.89. The van der Waals surface area contributed by atoms with Crippen LogP contribution in [0.5, 0.6) is 5.88 Å². The van der Waals surface area contributed by atoms with Crippen molar-refractivity contribution in [1.82, 2.24) is 34.0 Å². The maximum atomic E-state index is 13.1. The third kappa shape index (κ3) is 4.80. The zero-order chi connectivity index (χ0) is 25.2. The van der Waals surface area contributed by atoms with E-state index < -0.39 is 15.6 Å². The molecule has 0 radical (unpaired) electrons. The molecule has 4 rings (SSSR count). The van der Waals surface area contributed by atoms with Crippen LogP contribution in [0.25, 0.3) is 22.4 Å². The first-order chi connectivity index (χ1) is 16.8. The predicted octanol–water partition coefficient (Wildman–Crippen LogP) is 2.23. The van der Waals surface area contributed by atoms with Gasteiger partial charge in [-0.1, -0.05) is 19.4 Å². The zero-order valence-corrected chi connectivity index (χ0v) is 20.8. The zero-order valence-electron chi connectivity index (χ0n) is 20.0. The topological polar surface area (TPSA) is 136 Å². The maximum Gasteiger partial charge on any atom is 0.279 e. The quantitative estimate of drug-likeness (QED) is 0.372. The number of hydrogen-bond donors (Lipinski definition) is 1. The van der Waals surface area contributed by atoms with Gasteiger partial charge < -0.3 is 9.72 Å². The van der Waals surface area contributed by atoms with Crippen LogP contribution in [-0.4, -0.2) is 63.1 Å². The molecule has 0 aliphatic rings. The van der Waals surface area contributed by atoms with E-state index >= 15 is 0 Å². The Balaban J connectivity index is 1.92. The molecule has 0 amide bonds. The molecule has 0 saturated heterocycles. The Morgan fingerprint density at radius 1 is 1.14 bits per heavy atom. The molecule has 4 heterocycles. The fourth-order valence-electron chi connectivity index (χ4n) is 3.66. The first-order valence-corrected chi connectivity index (χ1v) is 12.7. The molecule has 0 bridgehead atoms. The molecule has 4 aromatic heterocycles. The molecule has 12 heteroatoms. The summed E-state index contributed by atoms with van der Waals surface area (Å²) in [5.41, 5.74) is 2.09. The highest BCUT2D eigenvalue weighted by Crippen LogP contribution is 2.29. The molecule has 11 nitrogen and oxygen atoms in total. The van der Waals surface area contributed by atoms with Crippen LogP contribution < -0.4 is 10.3 Å². The third-order valence-corrected chi connectivity index (χ3v) is 7.15. The van der Waals surface area contributed by atoms with Gasteiger partial charge in [0.2, 0.25) is 15.9 Å².